The molecule has 3 heterocycles. The normalized spacial score (nSPS) is 16.9. The molecule has 288 valence electrons. The van der Waals surface area contributed by atoms with Gasteiger partial charge >= 0.3 is 11.9 Å². The molecule has 1 aliphatic heterocycles. The first-order chi connectivity index (χ1) is 26.4. The number of carboxylic acid groups (broad SMARTS) is 1. The molecule has 14 heteroatoms. The molecule has 1 aliphatic rings. The summed E-state index contributed by atoms with van der Waals surface area (Å²) in [7, 11) is 3.18. The standard InChI is InChI=1S/C41H44N4O10/c1-24(2)38(49)43-40-42-37-36(39(50)44-40)25(3)22-45(37)33-21-31(55-35(48)20-19-34(46)47)32(54-33)23-53-41(26-9-7-6-8-10-26,27-11-15-29(51-4)16-12-27)28-13-17-30(52-5)18-14-28/h6-18,22,24,31-33H,19-21,23H2,1-5H3,(H,46,47)(H2,42,43,44,49,50)/t31-,32+,33+/m0/s1. The number of anilines is 1. The molecule has 1 fully saturated rings. The number of nitrogens with zero attached hydrogens (tertiary/aromatic N) is 2. The number of aliphatic carboxylic acids is 1. The maximum Gasteiger partial charge on any atom is 0.306 e. The number of hydrogen-bond donors (Lipinski definition) is 3. The second kappa shape index (κ2) is 16.6. The Kier molecular flexibility index (Phi) is 11.7. The summed E-state index contributed by atoms with van der Waals surface area (Å²) < 4.78 is 32.3. The monoisotopic (exact) mass is 752 g/mol. The number of carbonyl (C=O) groups is 3. The van der Waals surface area contributed by atoms with Crippen molar-refractivity contribution in [2.75, 3.05) is 26.1 Å². The van der Waals surface area contributed by atoms with Crippen LogP contribution >= 0.6 is 0 Å². The lowest BCUT2D eigenvalue weighted by Crippen LogP contribution is -2.39. The van der Waals surface area contributed by atoms with Gasteiger partial charge in [0.25, 0.3) is 5.56 Å². The molecule has 0 radical (unpaired) electrons. The SMILES string of the molecule is COc1ccc(C(OC[C@H]2O[C@@H](n3cc(C)c4c(=O)[nH]c(NC(=O)C(C)C)nc43)C[C@@H]2OC(=O)CCC(=O)O)(c2ccccc2)c2ccc(OC)cc2)cc1. The van der Waals surface area contributed by atoms with Crippen molar-refractivity contribution in [2.24, 2.45) is 5.92 Å². The first-order valence-electron chi connectivity index (χ1n) is 17.9. The third kappa shape index (κ3) is 8.25. The van der Waals surface area contributed by atoms with Crippen molar-refractivity contribution in [2.45, 2.75) is 64.1 Å². The second-order valence-electron chi connectivity index (χ2n) is 13.6. The molecular formula is C41H44N4O10. The summed E-state index contributed by atoms with van der Waals surface area (Å²) >= 11 is 0. The van der Waals surface area contributed by atoms with Crippen LogP contribution in [0, 0.1) is 12.8 Å². The van der Waals surface area contributed by atoms with Gasteiger partial charge in [-0.3, -0.25) is 29.5 Å². The molecule has 0 saturated carbocycles. The van der Waals surface area contributed by atoms with Gasteiger partial charge in [-0.05, 0) is 53.4 Å². The van der Waals surface area contributed by atoms with E-state index in [9.17, 15) is 24.3 Å². The fourth-order valence-corrected chi connectivity index (χ4v) is 6.74. The number of hydrogen-bond acceptors (Lipinski definition) is 10. The molecular weight excluding hydrogens is 708 g/mol. The van der Waals surface area contributed by atoms with Gasteiger partial charge in [0.15, 0.2) is 5.65 Å². The van der Waals surface area contributed by atoms with Gasteiger partial charge in [-0.2, -0.15) is 4.98 Å². The van der Waals surface area contributed by atoms with Crippen LogP contribution in [0.25, 0.3) is 11.0 Å². The fraction of sp³-hybridized carbons (Fsp3) is 0.341. The zero-order valence-electron chi connectivity index (χ0n) is 31.2. The summed E-state index contributed by atoms with van der Waals surface area (Å²) in [5, 5.41) is 12.2. The zero-order valence-corrected chi connectivity index (χ0v) is 31.2. The lowest BCUT2D eigenvalue weighted by Gasteiger charge is -2.37. The van der Waals surface area contributed by atoms with E-state index in [-0.39, 0.29) is 42.9 Å². The number of H-pyrrole nitrogens is 1. The molecule has 14 nitrogen and oxygen atoms in total. The molecule has 6 rings (SSSR count). The quantitative estimate of drug-likeness (QED) is 0.0880. The second-order valence-corrected chi connectivity index (χ2v) is 13.6. The van der Waals surface area contributed by atoms with E-state index in [0.29, 0.717) is 22.4 Å². The number of carboxylic acids is 1. The topological polar surface area (TPSA) is 180 Å². The summed E-state index contributed by atoms with van der Waals surface area (Å²) in [4.78, 5) is 57.3. The molecule has 3 atom stereocenters. The van der Waals surface area contributed by atoms with E-state index in [1.165, 1.54) is 0 Å². The van der Waals surface area contributed by atoms with E-state index in [0.717, 1.165) is 16.7 Å². The molecule has 55 heavy (non-hydrogen) atoms. The lowest BCUT2D eigenvalue weighted by molar-refractivity contribution is -0.157. The number of fused-ring (bicyclic) bond motifs is 1. The number of methoxy groups -OCH3 is 2. The number of nitrogens with one attached hydrogen (secondary N) is 2. The minimum absolute atomic E-state index is 0.0169. The van der Waals surface area contributed by atoms with Crippen molar-refractivity contribution in [1.82, 2.24) is 14.5 Å². The molecule has 3 N–H and O–H groups in total. The van der Waals surface area contributed by atoms with E-state index >= 15 is 0 Å². The highest BCUT2D eigenvalue weighted by Gasteiger charge is 2.44. The van der Waals surface area contributed by atoms with Crippen LogP contribution in [0.4, 0.5) is 5.95 Å². The summed E-state index contributed by atoms with van der Waals surface area (Å²) in [5.74, 6) is -1.22. The third-order valence-electron chi connectivity index (χ3n) is 9.59. The van der Waals surface area contributed by atoms with Gasteiger partial charge in [-0.1, -0.05) is 68.4 Å². The Morgan fingerprint density at radius 1 is 0.945 bits per heavy atom. The van der Waals surface area contributed by atoms with Gasteiger partial charge in [0, 0.05) is 18.5 Å². The molecule has 5 aromatic rings. The Balaban J connectivity index is 1.41. The number of ether oxygens (including phenoxy) is 5. The van der Waals surface area contributed by atoms with Crippen LogP contribution in [0.2, 0.25) is 0 Å². The van der Waals surface area contributed by atoms with Gasteiger partial charge < -0.3 is 33.4 Å². The molecule has 0 unspecified atom stereocenters. The predicted octanol–water partition coefficient (Wildman–Crippen LogP) is 5.72. The molecule has 0 spiro atoms. The van der Waals surface area contributed by atoms with Crippen LogP contribution in [-0.2, 0) is 34.2 Å². The maximum atomic E-state index is 13.2. The molecule has 1 saturated heterocycles. The smallest absolute Gasteiger partial charge is 0.306 e. The number of aromatic nitrogens is 3. The average molecular weight is 753 g/mol. The van der Waals surface area contributed by atoms with E-state index < -0.39 is 48.0 Å². The van der Waals surface area contributed by atoms with Crippen LogP contribution in [0.15, 0.2) is 89.9 Å². The number of aromatic amines is 1. The van der Waals surface area contributed by atoms with E-state index in [4.69, 9.17) is 23.7 Å². The first-order valence-corrected chi connectivity index (χ1v) is 17.9. The average Bonchev–Trinajstić information content (AvgIpc) is 3.74. The Labute approximate surface area is 317 Å². The molecule has 1 amide bonds. The lowest BCUT2D eigenvalue weighted by atomic mass is 9.80. The number of aryl methyl sites for hydroxylation is 1. The number of benzene rings is 3. The van der Waals surface area contributed by atoms with E-state index in [2.05, 4.69) is 15.3 Å². The van der Waals surface area contributed by atoms with Crippen LogP contribution in [0.3, 0.4) is 0 Å². The van der Waals surface area contributed by atoms with Crippen LogP contribution in [0.1, 0.15) is 61.6 Å². The Morgan fingerprint density at radius 2 is 1.55 bits per heavy atom. The van der Waals surface area contributed by atoms with Gasteiger partial charge in [-0.15, -0.1) is 0 Å². The largest absolute Gasteiger partial charge is 0.497 e. The number of esters is 1. The van der Waals surface area contributed by atoms with Gasteiger partial charge in [0.05, 0.1) is 39.1 Å². The molecule has 0 bridgehead atoms. The first kappa shape index (κ1) is 38.7. The number of amides is 1. The maximum absolute atomic E-state index is 13.2. The summed E-state index contributed by atoms with van der Waals surface area (Å²) in [6.45, 7) is 5.11. The Hall–Kier alpha value is -5.99. The highest BCUT2D eigenvalue weighted by molar-refractivity contribution is 5.91. The van der Waals surface area contributed by atoms with Crippen molar-refractivity contribution in [3.8, 4) is 11.5 Å². The molecule has 0 aliphatic carbocycles. The van der Waals surface area contributed by atoms with Crippen molar-refractivity contribution >= 4 is 34.8 Å². The Morgan fingerprint density at radius 3 is 2.11 bits per heavy atom. The van der Waals surface area contributed by atoms with Crippen molar-refractivity contribution in [3.05, 3.63) is 118 Å². The van der Waals surface area contributed by atoms with Crippen LogP contribution in [-0.4, -0.2) is 70.5 Å². The minimum Gasteiger partial charge on any atom is -0.497 e. The zero-order chi connectivity index (χ0) is 39.3. The summed E-state index contributed by atoms with van der Waals surface area (Å²) in [6, 6.07) is 24.8. The van der Waals surface area contributed by atoms with Crippen molar-refractivity contribution in [3.63, 3.8) is 0 Å². The minimum atomic E-state index is -1.21. The van der Waals surface area contributed by atoms with Gasteiger partial charge in [0.1, 0.15) is 35.5 Å². The molecule has 2 aromatic heterocycles. The third-order valence-corrected chi connectivity index (χ3v) is 9.59. The number of carbonyl (C=O) groups excluding carboxylic acids is 2. The van der Waals surface area contributed by atoms with Crippen LogP contribution in [0.5, 0.6) is 11.5 Å². The fourth-order valence-electron chi connectivity index (χ4n) is 6.74. The van der Waals surface area contributed by atoms with Crippen LogP contribution < -0.4 is 20.3 Å². The van der Waals surface area contributed by atoms with E-state index in [1.54, 1.807) is 45.8 Å². The van der Waals surface area contributed by atoms with Gasteiger partial charge in [0.2, 0.25) is 11.9 Å². The van der Waals surface area contributed by atoms with Crippen molar-refractivity contribution in [1.29, 1.82) is 0 Å². The summed E-state index contributed by atoms with van der Waals surface area (Å²) in [6.07, 6.45) is -1.43. The molecule has 3 aromatic carbocycles. The highest BCUT2D eigenvalue weighted by Crippen LogP contribution is 2.43. The van der Waals surface area contributed by atoms with Crippen molar-refractivity contribution < 1.29 is 43.2 Å². The predicted molar refractivity (Wildman–Crippen MR) is 202 cm³/mol. The highest BCUT2D eigenvalue weighted by atomic mass is 16.6. The Bertz CT molecular complexity index is 2150. The van der Waals surface area contributed by atoms with Gasteiger partial charge in [-0.25, -0.2) is 0 Å². The summed E-state index contributed by atoms with van der Waals surface area (Å²) in [5.41, 5.74) is 1.58. The van der Waals surface area contributed by atoms with E-state index in [1.807, 2.05) is 78.9 Å². The number of rotatable bonds is 15.